The van der Waals surface area contributed by atoms with E-state index in [2.05, 4.69) is 5.32 Å². The summed E-state index contributed by atoms with van der Waals surface area (Å²) >= 11 is 6.19. The fraction of sp³-hybridized carbons (Fsp3) is 0.167. The van der Waals surface area contributed by atoms with Gasteiger partial charge in [-0.25, -0.2) is 4.90 Å². The van der Waals surface area contributed by atoms with Crippen molar-refractivity contribution in [3.8, 4) is 0 Å². The van der Waals surface area contributed by atoms with Crippen molar-refractivity contribution in [1.29, 1.82) is 0 Å². The van der Waals surface area contributed by atoms with Crippen molar-refractivity contribution < 1.29 is 14.4 Å². The van der Waals surface area contributed by atoms with Gasteiger partial charge in [-0.3, -0.25) is 14.4 Å². The minimum Gasteiger partial charge on any atom is -0.326 e. The number of carbonyl (C=O) groups excluding carboxylic acids is 3. The maximum atomic E-state index is 12.6. The molecule has 5 nitrogen and oxygen atoms in total. The second-order valence-corrected chi connectivity index (χ2v) is 6.21. The number of imide groups is 1. The van der Waals surface area contributed by atoms with Crippen molar-refractivity contribution in [3.63, 3.8) is 0 Å². The molecule has 0 spiro atoms. The average molecular weight is 343 g/mol. The first-order valence-corrected chi connectivity index (χ1v) is 7.86. The highest BCUT2D eigenvalue weighted by atomic mass is 35.5. The standard InChI is InChI=1S/C18H15ClN2O3/c1-10(2)16(22)20-11-7-8-14(19)15(9-11)21-17(23)12-5-3-4-6-13(12)18(21)24/h3-10H,1-2H3,(H,20,22). The Balaban J connectivity index is 2.00. The number of benzene rings is 2. The largest absolute Gasteiger partial charge is 0.326 e. The van der Waals surface area contributed by atoms with E-state index in [4.69, 9.17) is 11.6 Å². The van der Waals surface area contributed by atoms with Crippen LogP contribution in [0.3, 0.4) is 0 Å². The van der Waals surface area contributed by atoms with Crippen LogP contribution in [-0.2, 0) is 4.79 Å². The van der Waals surface area contributed by atoms with Gasteiger partial charge < -0.3 is 5.32 Å². The normalized spacial score (nSPS) is 13.4. The zero-order valence-electron chi connectivity index (χ0n) is 13.2. The molecule has 1 heterocycles. The molecule has 0 unspecified atom stereocenters. The number of halogens is 1. The number of fused-ring (bicyclic) bond motifs is 1. The zero-order chi connectivity index (χ0) is 17.4. The van der Waals surface area contributed by atoms with E-state index in [1.165, 1.54) is 6.07 Å². The number of nitrogens with zero attached hydrogens (tertiary/aromatic N) is 1. The van der Waals surface area contributed by atoms with E-state index in [1.54, 1.807) is 50.2 Å². The van der Waals surface area contributed by atoms with E-state index in [-0.39, 0.29) is 22.5 Å². The van der Waals surface area contributed by atoms with E-state index < -0.39 is 11.8 Å². The highest BCUT2D eigenvalue weighted by Crippen LogP contribution is 2.35. The van der Waals surface area contributed by atoms with Crippen LogP contribution in [0.15, 0.2) is 42.5 Å². The molecule has 0 aromatic heterocycles. The third-order valence-electron chi connectivity index (χ3n) is 3.77. The highest BCUT2D eigenvalue weighted by molar-refractivity contribution is 6.40. The molecular weight excluding hydrogens is 328 g/mol. The predicted molar refractivity (Wildman–Crippen MR) is 92.5 cm³/mol. The lowest BCUT2D eigenvalue weighted by Crippen LogP contribution is -2.29. The Morgan fingerprint density at radius 1 is 1.04 bits per heavy atom. The van der Waals surface area contributed by atoms with Crippen LogP contribution >= 0.6 is 11.6 Å². The summed E-state index contributed by atoms with van der Waals surface area (Å²) in [6.45, 7) is 3.55. The Morgan fingerprint density at radius 3 is 2.17 bits per heavy atom. The maximum Gasteiger partial charge on any atom is 0.266 e. The van der Waals surface area contributed by atoms with Gasteiger partial charge in [0, 0.05) is 11.6 Å². The van der Waals surface area contributed by atoms with Gasteiger partial charge in [-0.1, -0.05) is 37.6 Å². The van der Waals surface area contributed by atoms with Crippen LogP contribution in [0.5, 0.6) is 0 Å². The molecule has 0 aliphatic carbocycles. The van der Waals surface area contributed by atoms with Crippen LogP contribution in [0.4, 0.5) is 11.4 Å². The van der Waals surface area contributed by atoms with Gasteiger partial charge in [0.2, 0.25) is 5.91 Å². The van der Waals surface area contributed by atoms with Gasteiger partial charge in [-0.15, -0.1) is 0 Å². The van der Waals surface area contributed by atoms with Crippen molar-refractivity contribution >= 4 is 40.7 Å². The first-order valence-electron chi connectivity index (χ1n) is 7.48. The molecule has 0 saturated carbocycles. The summed E-state index contributed by atoms with van der Waals surface area (Å²) in [5, 5.41) is 2.99. The Bertz CT molecular complexity index is 826. The van der Waals surface area contributed by atoms with Crippen molar-refractivity contribution in [2.24, 2.45) is 5.92 Å². The second kappa shape index (κ2) is 6.09. The van der Waals surface area contributed by atoms with Gasteiger partial charge in [0.15, 0.2) is 0 Å². The predicted octanol–water partition coefficient (Wildman–Crippen LogP) is 3.74. The number of rotatable bonds is 3. The van der Waals surface area contributed by atoms with Gasteiger partial charge in [0.25, 0.3) is 11.8 Å². The van der Waals surface area contributed by atoms with Gasteiger partial charge in [0.05, 0.1) is 21.8 Å². The number of hydrogen-bond donors (Lipinski definition) is 1. The van der Waals surface area contributed by atoms with Crippen LogP contribution < -0.4 is 10.2 Å². The van der Waals surface area contributed by atoms with Crippen LogP contribution in [0, 0.1) is 5.92 Å². The number of carbonyl (C=O) groups is 3. The maximum absolute atomic E-state index is 12.6. The Hall–Kier alpha value is -2.66. The molecule has 2 aromatic rings. The molecule has 0 saturated heterocycles. The Kier molecular flexibility index (Phi) is 4.11. The lowest BCUT2D eigenvalue weighted by Gasteiger charge is -2.17. The summed E-state index contributed by atoms with van der Waals surface area (Å²) in [5.41, 5.74) is 1.42. The van der Waals surface area contributed by atoms with Crippen LogP contribution in [-0.4, -0.2) is 17.7 Å². The Morgan fingerprint density at radius 2 is 1.62 bits per heavy atom. The third-order valence-corrected chi connectivity index (χ3v) is 4.09. The molecular formula is C18H15ClN2O3. The molecule has 6 heteroatoms. The molecule has 3 rings (SSSR count). The number of anilines is 2. The summed E-state index contributed by atoms with van der Waals surface area (Å²) in [4.78, 5) is 38.0. The fourth-order valence-corrected chi connectivity index (χ4v) is 2.66. The molecule has 1 aliphatic heterocycles. The van der Waals surface area contributed by atoms with Crippen molar-refractivity contribution in [3.05, 3.63) is 58.6 Å². The lowest BCUT2D eigenvalue weighted by molar-refractivity contribution is -0.118. The number of amides is 3. The summed E-state index contributed by atoms with van der Waals surface area (Å²) in [6, 6.07) is 11.3. The summed E-state index contributed by atoms with van der Waals surface area (Å²) in [5.74, 6) is -1.20. The van der Waals surface area contributed by atoms with E-state index >= 15 is 0 Å². The molecule has 1 N–H and O–H groups in total. The molecule has 0 bridgehead atoms. The quantitative estimate of drug-likeness (QED) is 0.864. The smallest absolute Gasteiger partial charge is 0.266 e. The van der Waals surface area contributed by atoms with E-state index in [9.17, 15) is 14.4 Å². The molecule has 0 atom stereocenters. The van der Waals surface area contributed by atoms with Crippen LogP contribution in [0.1, 0.15) is 34.6 Å². The van der Waals surface area contributed by atoms with Crippen molar-refractivity contribution in [1.82, 2.24) is 0 Å². The topological polar surface area (TPSA) is 66.5 Å². The summed E-state index contributed by atoms with van der Waals surface area (Å²) < 4.78 is 0. The van der Waals surface area contributed by atoms with Crippen molar-refractivity contribution in [2.45, 2.75) is 13.8 Å². The minimum absolute atomic E-state index is 0.161. The molecule has 24 heavy (non-hydrogen) atoms. The second-order valence-electron chi connectivity index (χ2n) is 5.80. The fourth-order valence-electron chi connectivity index (χ4n) is 2.46. The Labute approximate surface area is 144 Å². The molecule has 0 radical (unpaired) electrons. The van der Waals surface area contributed by atoms with E-state index in [0.29, 0.717) is 16.8 Å². The highest BCUT2D eigenvalue weighted by Gasteiger charge is 2.37. The molecule has 3 amide bonds. The zero-order valence-corrected chi connectivity index (χ0v) is 13.9. The van der Waals surface area contributed by atoms with E-state index in [1.807, 2.05) is 0 Å². The lowest BCUT2D eigenvalue weighted by atomic mass is 10.1. The van der Waals surface area contributed by atoms with Gasteiger partial charge >= 0.3 is 0 Å². The monoisotopic (exact) mass is 342 g/mol. The van der Waals surface area contributed by atoms with Gasteiger partial charge in [0.1, 0.15) is 0 Å². The van der Waals surface area contributed by atoms with Crippen molar-refractivity contribution in [2.75, 3.05) is 10.2 Å². The minimum atomic E-state index is -0.426. The average Bonchev–Trinajstić information content (AvgIpc) is 2.81. The number of hydrogen-bond acceptors (Lipinski definition) is 3. The van der Waals surface area contributed by atoms with E-state index in [0.717, 1.165) is 4.90 Å². The SMILES string of the molecule is CC(C)C(=O)Nc1ccc(Cl)c(N2C(=O)c3ccccc3C2=O)c1. The first kappa shape index (κ1) is 16.2. The molecule has 2 aromatic carbocycles. The molecule has 1 aliphatic rings. The molecule has 122 valence electrons. The third kappa shape index (κ3) is 2.67. The summed E-state index contributed by atoms with van der Waals surface area (Å²) in [7, 11) is 0. The molecule has 0 fully saturated rings. The summed E-state index contributed by atoms with van der Waals surface area (Å²) in [6.07, 6.45) is 0. The number of nitrogens with one attached hydrogen (secondary N) is 1. The van der Waals surface area contributed by atoms with Crippen LogP contribution in [0.25, 0.3) is 0 Å². The van der Waals surface area contributed by atoms with Gasteiger partial charge in [-0.2, -0.15) is 0 Å². The van der Waals surface area contributed by atoms with Gasteiger partial charge in [-0.05, 0) is 30.3 Å². The first-order chi connectivity index (χ1) is 11.4. The van der Waals surface area contributed by atoms with Crippen LogP contribution in [0.2, 0.25) is 5.02 Å².